The summed E-state index contributed by atoms with van der Waals surface area (Å²) >= 11 is 0. The average molecular weight is 411 g/mol. The van der Waals surface area contributed by atoms with E-state index in [1.165, 1.54) is 5.56 Å². The second-order valence-electron chi connectivity index (χ2n) is 8.10. The smallest absolute Gasteiger partial charge is 0.416 e. The molecule has 4 rings (SSSR count). The van der Waals surface area contributed by atoms with E-state index in [1.54, 1.807) is 24.3 Å². The molecule has 0 fully saturated rings. The number of hydrogen-bond acceptors (Lipinski definition) is 2. The van der Waals surface area contributed by atoms with Crippen LogP contribution < -0.4 is 4.90 Å². The molecule has 30 heavy (non-hydrogen) atoms. The summed E-state index contributed by atoms with van der Waals surface area (Å²) in [6.07, 6.45) is -3.64. The number of benzene rings is 3. The van der Waals surface area contributed by atoms with Gasteiger partial charge in [-0.1, -0.05) is 44.2 Å². The minimum absolute atomic E-state index is 0.132. The van der Waals surface area contributed by atoms with Crippen LogP contribution in [-0.4, -0.2) is 11.7 Å². The van der Waals surface area contributed by atoms with Gasteiger partial charge in [0.15, 0.2) is 0 Å². The van der Waals surface area contributed by atoms with E-state index in [-0.39, 0.29) is 11.8 Å². The Morgan fingerprint density at radius 3 is 2.20 bits per heavy atom. The summed E-state index contributed by atoms with van der Waals surface area (Å²) < 4.78 is 39.0. The standard InChI is InChI=1S/C25H24F3NO/c1-16(2)17-3-5-18(6-4-17)24-23-12-11-22(30)15-19(23)13-14-29(24)21-9-7-20(8-10-21)25(26,27)28/h3-12,15-16,24,30H,13-14H2,1-2H3. The van der Waals surface area contributed by atoms with Gasteiger partial charge in [-0.15, -0.1) is 0 Å². The fourth-order valence-corrected chi connectivity index (χ4v) is 4.16. The van der Waals surface area contributed by atoms with E-state index in [1.807, 2.05) is 6.07 Å². The molecular formula is C25H24F3NO. The summed E-state index contributed by atoms with van der Waals surface area (Å²) in [5, 5.41) is 9.91. The van der Waals surface area contributed by atoms with Crippen LogP contribution in [0.15, 0.2) is 66.7 Å². The van der Waals surface area contributed by atoms with Crippen LogP contribution in [0.25, 0.3) is 0 Å². The van der Waals surface area contributed by atoms with E-state index in [9.17, 15) is 18.3 Å². The molecule has 5 heteroatoms. The Bertz CT molecular complexity index is 1020. The van der Waals surface area contributed by atoms with Crippen molar-refractivity contribution in [1.82, 2.24) is 0 Å². The first kappa shape index (κ1) is 20.3. The van der Waals surface area contributed by atoms with Crippen molar-refractivity contribution in [3.63, 3.8) is 0 Å². The molecule has 0 aliphatic carbocycles. The first-order chi connectivity index (χ1) is 14.2. The number of phenolic OH excluding ortho intramolecular Hbond substituents is 1. The molecule has 0 saturated carbocycles. The maximum Gasteiger partial charge on any atom is 0.416 e. The Hall–Kier alpha value is -2.95. The summed E-state index contributed by atoms with van der Waals surface area (Å²) in [6.45, 7) is 4.93. The first-order valence-corrected chi connectivity index (χ1v) is 10.1. The third kappa shape index (κ3) is 3.89. The van der Waals surface area contributed by atoms with Gasteiger partial charge in [0.2, 0.25) is 0 Å². The number of nitrogens with zero attached hydrogens (tertiary/aromatic N) is 1. The van der Waals surface area contributed by atoms with Gasteiger partial charge in [-0.2, -0.15) is 13.2 Å². The highest BCUT2D eigenvalue weighted by Gasteiger charge is 2.32. The molecule has 3 aromatic rings. The summed E-state index contributed by atoms with van der Waals surface area (Å²) in [5.41, 5.74) is 4.55. The van der Waals surface area contributed by atoms with E-state index < -0.39 is 11.7 Å². The van der Waals surface area contributed by atoms with Crippen molar-refractivity contribution in [2.75, 3.05) is 11.4 Å². The number of anilines is 1. The Balaban J connectivity index is 1.78. The maximum atomic E-state index is 13.0. The third-order valence-corrected chi connectivity index (χ3v) is 5.80. The molecule has 2 nitrogen and oxygen atoms in total. The quantitative estimate of drug-likeness (QED) is 0.519. The average Bonchev–Trinajstić information content (AvgIpc) is 2.72. The third-order valence-electron chi connectivity index (χ3n) is 5.80. The lowest BCUT2D eigenvalue weighted by Crippen LogP contribution is -2.36. The summed E-state index contributed by atoms with van der Waals surface area (Å²) in [6, 6.07) is 19.0. The van der Waals surface area contributed by atoms with Crippen LogP contribution >= 0.6 is 0 Å². The SMILES string of the molecule is CC(C)c1ccc(C2c3ccc(O)cc3CCN2c2ccc(C(F)(F)F)cc2)cc1. The lowest BCUT2D eigenvalue weighted by Gasteiger charge is -2.39. The minimum atomic E-state index is -4.35. The van der Waals surface area contributed by atoms with Gasteiger partial charge in [-0.05, 0) is 71.0 Å². The molecule has 0 saturated heterocycles. The first-order valence-electron chi connectivity index (χ1n) is 10.1. The van der Waals surface area contributed by atoms with Crippen LogP contribution in [0.2, 0.25) is 0 Å². The lowest BCUT2D eigenvalue weighted by molar-refractivity contribution is -0.137. The van der Waals surface area contributed by atoms with Gasteiger partial charge in [0.05, 0.1) is 11.6 Å². The maximum absolute atomic E-state index is 13.0. The molecule has 0 radical (unpaired) electrons. The molecule has 156 valence electrons. The molecule has 0 amide bonds. The highest BCUT2D eigenvalue weighted by Crippen LogP contribution is 2.40. The molecule has 1 atom stereocenters. The topological polar surface area (TPSA) is 23.5 Å². The van der Waals surface area contributed by atoms with Crippen LogP contribution in [0.1, 0.15) is 53.6 Å². The van der Waals surface area contributed by atoms with Crippen molar-refractivity contribution in [3.8, 4) is 5.75 Å². The van der Waals surface area contributed by atoms with Crippen molar-refractivity contribution < 1.29 is 18.3 Å². The molecule has 1 aliphatic rings. The van der Waals surface area contributed by atoms with Gasteiger partial charge in [0, 0.05) is 12.2 Å². The Labute approximate surface area is 174 Å². The molecule has 0 spiro atoms. The van der Waals surface area contributed by atoms with E-state index in [4.69, 9.17) is 0 Å². The monoisotopic (exact) mass is 411 g/mol. The molecule has 1 heterocycles. The molecule has 1 unspecified atom stereocenters. The number of aromatic hydroxyl groups is 1. The van der Waals surface area contributed by atoms with Crippen molar-refractivity contribution in [1.29, 1.82) is 0 Å². The van der Waals surface area contributed by atoms with Crippen LogP contribution in [0.5, 0.6) is 5.75 Å². The summed E-state index contributed by atoms with van der Waals surface area (Å²) in [4.78, 5) is 2.14. The van der Waals surface area contributed by atoms with Gasteiger partial charge in [0.1, 0.15) is 5.75 Å². The number of fused-ring (bicyclic) bond motifs is 1. The Morgan fingerprint density at radius 1 is 0.933 bits per heavy atom. The highest BCUT2D eigenvalue weighted by atomic mass is 19.4. The zero-order valence-corrected chi connectivity index (χ0v) is 16.9. The highest BCUT2D eigenvalue weighted by molar-refractivity contribution is 5.57. The summed E-state index contributed by atoms with van der Waals surface area (Å²) in [7, 11) is 0. The molecule has 0 bridgehead atoms. The van der Waals surface area contributed by atoms with Gasteiger partial charge in [-0.3, -0.25) is 0 Å². The molecule has 0 aromatic heterocycles. The number of hydrogen-bond donors (Lipinski definition) is 1. The Morgan fingerprint density at radius 2 is 1.60 bits per heavy atom. The largest absolute Gasteiger partial charge is 0.508 e. The minimum Gasteiger partial charge on any atom is -0.508 e. The number of halogens is 3. The van der Waals surface area contributed by atoms with Crippen molar-refractivity contribution >= 4 is 5.69 Å². The van der Waals surface area contributed by atoms with Gasteiger partial charge < -0.3 is 10.0 Å². The van der Waals surface area contributed by atoms with Crippen LogP contribution in [-0.2, 0) is 12.6 Å². The van der Waals surface area contributed by atoms with Crippen molar-refractivity contribution in [2.45, 2.75) is 38.4 Å². The summed E-state index contributed by atoms with van der Waals surface area (Å²) in [5.74, 6) is 0.645. The van der Waals surface area contributed by atoms with Crippen LogP contribution in [0.4, 0.5) is 18.9 Å². The lowest BCUT2D eigenvalue weighted by atomic mass is 9.86. The second-order valence-corrected chi connectivity index (χ2v) is 8.10. The van der Waals surface area contributed by atoms with Crippen LogP contribution in [0.3, 0.4) is 0 Å². The van der Waals surface area contributed by atoms with E-state index in [2.05, 4.69) is 43.0 Å². The van der Waals surface area contributed by atoms with Gasteiger partial charge in [-0.25, -0.2) is 0 Å². The van der Waals surface area contributed by atoms with E-state index >= 15 is 0 Å². The number of rotatable bonds is 3. The molecule has 1 aliphatic heterocycles. The van der Waals surface area contributed by atoms with Crippen molar-refractivity contribution in [2.24, 2.45) is 0 Å². The predicted molar refractivity (Wildman–Crippen MR) is 113 cm³/mol. The predicted octanol–water partition coefficient (Wildman–Crippen LogP) is 6.69. The fourth-order valence-electron chi connectivity index (χ4n) is 4.16. The molecule has 3 aromatic carbocycles. The zero-order chi connectivity index (χ0) is 21.5. The number of phenols is 1. The Kier molecular flexibility index (Phi) is 5.22. The second kappa shape index (κ2) is 7.71. The molecular weight excluding hydrogens is 387 g/mol. The van der Waals surface area contributed by atoms with Gasteiger partial charge >= 0.3 is 6.18 Å². The molecule has 1 N–H and O–H groups in total. The van der Waals surface area contributed by atoms with Gasteiger partial charge in [0.25, 0.3) is 0 Å². The normalized spacial score (nSPS) is 16.6. The van der Waals surface area contributed by atoms with Crippen LogP contribution in [0, 0.1) is 0 Å². The fraction of sp³-hybridized carbons (Fsp3) is 0.280. The van der Waals surface area contributed by atoms with E-state index in [0.29, 0.717) is 18.9 Å². The van der Waals surface area contributed by atoms with Crippen molar-refractivity contribution in [3.05, 3.63) is 94.5 Å². The number of alkyl halides is 3. The zero-order valence-electron chi connectivity index (χ0n) is 16.9. The van der Waals surface area contributed by atoms with E-state index in [0.717, 1.165) is 34.5 Å².